The van der Waals surface area contributed by atoms with Gasteiger partial charge in [0.25, 0.3) is 0 Å². The van der Waals surface area contributed by atoms with Crippen molar-refractivity contribution < 1.29 is 9.53 Å². The average Bonchev–Trinajstić information content (AvgIpc) is 3.03. The van der Waals surface area contributed by atoms with E-state index >= 15 is 0 Å². The summed E-state index contributed by atoms with van der Waals surface area (Å²) in [5, 5.41) is 2.90. The second kappa shape index (κ2) is 12.3. The lowest BCUT2D eigenvalue weighted by Gasteiger charge is -2.20. The molecule has 8 heteroatoms. The normalized spacial score (nSPS) is 12.5. The van der Waals surface area contributed by atoms with Crippen LogP contribution in [0, 0.1) is 0 Å². The van der Waals surface area contributed by atoms with Gasteiger partial charge < -0.3 is 15.4 Å². The van der Waals surface area contributed by atoms with Crippen molar-refractivity contribution in [3.05, 3.63) is 52.0 Å². The van der Waals surface area contributed by atoms with Gasteiger partial charge >= 0.3 is 0 Å². The molecule has 1 amide bonds. The van der Waals surface area contributed by atoms with Crippen LogP contribution in [-0.2, 0) is 22.5 Å². The lowest BCUT2D eigenvalue weighted by molar-refractivity contribution is -0.131. The number of amides is 1. The van der Waals surface area contributed by atoms with E-state index in [-0.39, 0.29) is 36.8 Å². The maximum Gasteiger partial charge on any atom is 0.239 e. The molecule has 0 bridgehead atoms. The third-order valence-electron chi connectivity index (χ3n) is 3.72. The molecule has 0 saturated carbocycles. The molecular formula is C18H27Cl2N3O2S. The zero-order valence-corrected chi connectivity index (χ0v) is 17.7. The highest BCUT2D eigenvalue weighted by atomic mass is 35.5. The SMILES string of the molecule is CCOC(C)c1nc(CN(C)C(=O)C(N)Cc2ccccc2)cs1.Cl.Cl. The standard InChI is InChI=1S/C18H25N3O2S.2ClH/c1-4-23-13(2)17-20-15(12-24-17)11-21(3)18(22)16(19)10-14-8-6-5-7-9-14;;/h5-9,12-13,16H,4,10-11,19H2,1-3H3;2*1H. The third-order valence-corrected chi connectivity index (χ3v) is 4.78. The molecule has 2 N–H and O–H groups in total. The molecule has 1 aromatic heterocycles. The minimum Gasteiger partial charge on any atom is -0.372 e. The molecule has 2 atom stereocenters. The molecule has 0 aliphatic carbocycles. The molecule has 2 unspecified atom stereocenters. The second-order valence-electron chi connectivity index (χ2n) is 5.77. The molecule has 1 aromatic carbocycles. The van der Waals surface area contributed by atoms with E-state index in [2.05, 4.69) is 4.98 Å². The molecule has 146 valence electrons. The minimum atomic E-state index is -0.544. The summed E-state index contributed by atoms with van der Waals surface area (Å²) >= 11 is 1.56. The first-order valence-electron chi connectivity index (χ1n) is 8.11. The van der Waals surface area contributed by atoms with Gasteiger partial charge in [0, 0.05) is 19.0 Å². The Hall–Kier alpha value is -1.18. The summed E-state index contributed by atoms with van der Waals surface area (Å²) in [4.78, 5) is 18.6. The average molecular weight is 420 g/mol. The molecule has 0 aliphatic rings. The Kier molecular flexibility index (Phi) is 11.7. The zero-order valence-electron chi connectivity index (χ0n) is 15.3. The molecule has 0 fully saturated rings. The van der Waals surface area contributed by atoms with E-state index in [1.807, 2.05) is 49.6 Å². The maximum atomic E-state index is 12.4. The van der Waals surface area contributed by atoms with Crippen LogP contribution >= 0.6 is 36.2 Å². The molecule has 2 aromatic rings. The monoisotopic (exact) mass is 419 g/mol. The fourth-order valence-corrected chi connectivity index (χ4v) is 3.28. The largest absolute Gasteiger partial charge is 0.372 e. The highest BCUT2D eigenvalue weighted by Gasteiger charge is 2.20. The van der Waals surface area contributed by atoms with Gasteiger partial charge in [-0.05, 0) is 25.8 Å². The topological polar surface area (TPSA) is 68.5 Å². The lowest BCUT2D eigenvalue weighted by Crippen LogP contribution is -2.42. The summed E-state index contributed by atoms with van der Waals surface area (Å²) in [6.45, 7) is 5.06. The number of hydrogen-bond acceptors (Lipinski definition) is 5. The van der Waals surface area contributed by atoms with E-state index in [1.165, 1.54) is 0 Å². The number of benzene rings is 1. The van der Waals surface area contributed by atoms with E-state index in [0.717, 1.165) is 16.3 Å². The van der Waals surface area contributed by atoms with Crippen LogP contribution < -0.4 is 5.73 Å². The van der Waals surface area contributed by atoms with E-state index < -0.39 is 6.04 Å². The van der Waals surface area contributed by atoms with Gasteiger partial charge in [0.05, 0.1) is 18.3 Å². The van der Waals surface area contributed by atoms with Gasteiger partial charge in [0.1, 0.15) is 11.1 Å². The van der Waals surface area contributed by atoms with Crippen molar-refractivity contribution in [2.24, 2.45) is 5.73 Å². The summed E-state index contributed by atoms with van der Waals surface area (Å²) in [5.41, 5.74) is 8.00. The van der Waals surface area contributed by atoms with E-state index in [0.29, 0.717) is 19.6 Å². The van der Waals surface area contributed by atoms with Crippen LogP contribution in [0.2, 0.25) is 0 Å². The number of likely N-dealkylation sites (N-methyl/N-ethyl adjacent to an activating group) is 1. The fourth-order valence-electron chi connectivity index (χ4n) is 2.46. The van der Waals surface area contributed by atoms with Crippen molar-refractivity contribution in [1.82, 2.24) is 9.88 Å². The molecule has 0 radical (unpaired) electrons. The summed E-state index contributed by atoms with van der Waals surface area (Å²) in [6, 6.07) is 9.27. The number of nitrogens with zero attached hydrogens (tertiary/aromatic N) is 2. The molecular weight excluding hydrogens is 393 g/mol. The second-order valence-corrected chi connectivity index (χ2v) is 6.65. The minimum absolute atomic E-state index is 0. The van der Waals surface area contributed by atoms with Crippen LogP contribution in [-0.4, -0.2) is 35.5 Å². The molecule has 5 nitrogen and oxygen atoms in total. The molecule has 0 saturated heterocycles. The van der Waals surface area contributed by atoms with Crippen LogP contribution in [0.4, 0.5) is 0 Å². The number of hydrogen-bond donors (Lipinski definition) is 1. The van der Waals surface area contributed by atoms with Crippen LogP contribution in [0.1, 0.15) is 36.2 Å². The van der Waals surface area contributed by atoms with Gasteiger partial charge in [0.2, 0.25) is 5.91 Å². The van der Waals surface area contributed by atoms with E-state index in [4.69, 9.17) is 10.5 Å². The highest BCUT2D eigenvalue weighted by molar-refractivity contribution is 7.09. The van der Waals surface area contributed by atoms with Gasteiger partial charge in [-0.15, -0.1) is 36.2 Å². The molecule has 2 rings (SSSR count). The number of carbonyl (C=O) groups excluding carboxylic acids is 1. The number of ether oxygens (including phenoxy) is 1. The van der Waals surface area contributed by atoms with Gasteiger partial charge in [-0.2, -0.15) is 0 Å². The van der Waals surface area contributed by atoms with Gasteiger partial charge in [-0.3, -0.25) is 4.79 Å². The van der Waals surface area contributed by atoms with Crippen molar-refractivity contribution >= 4 is 42.1 Å². The van der Waals surface area contributed by atoms with Gasteiger partial charge in [-0.25, -0.2) is 4.98 Å². The molecule has 0 aliphatic heterocycles. The quantitative estimate of drug-likeness (QED) is 0.709. The van der Waals surface area contributed by atoms with Crippen molar-refractivity contribution in [3.8, 4) is 0 Å². The Morgan fingerprint density at radius 2 is 1.96 bits per heavy atom. The predicted molar refractivity (Wildman–Crippen MR) is 111 cm³/mol. The first kappa shape index (κ1) is 24.8. The molecule has 1 heterocycles. The fraction of sp³-hybridized carbons (Fsp3) is 0.444. The summed E-state index contributed by atoms with van der Waals surface area (Å²) in [6.07, 6.45) is 0.517. The van der Waals surface area contributed by atoms with Crippen molar-refractivity contribution in [2.75, 3.05) is 13.7 Å². The lowest BCUT2D eigenvalue weighted by atomic mass is 10.1. The smallest absolute Gasteiger partial charge is 0.239 e. The van der Waals surface area contributed by atoms with E-state index in [1.54, 1.807) is 23.3 Å². The predicted octanol–water partition coefficient (Wildman–Crippen LogP) is 3.61. The number of aromatic nitrogens is 1. The summed E-state index contributed by atoms with van der Waals surface area (Å²) in [5.74, 6) is -0.0775. The first-order valence-corrected chi connectivity index (χ1v) is 8.99. The third kappa shape index (κ3) is 7.21. The van der Waals surface area contributed by atoms with Crippen LogP contribution in [0.3, 0.4) is 0 Å². The summed E-state index contributed by atoms with van der Waals surface area (Å²) < 4.78 is 5.55. The number of rotatable bonds is 8. The van der Waals surface area contributed by atoms with Crippen molar-refractivity contribution in [1.29, 1.82) is 0 Å². The Balaban J connectivity index is 0.00000312. The van der Waals surface area contributed by atoms with Gasteiger partial charge in [0.15, 0.2) is 0 Å². The van der Waals surface area contributed by atoms with Crippen LogP contribution in [0.15, 0.2) is 35.7 Å². The van der Waals surface area contributed by atoms with Gasteiger partial charge in [-0.1, -0.05) is 30.3 Å². The van der Waals surface area contributed by atoms with Crippen molar-refractivity contribution in [2.45, 2.75) is 39.0 Å². The van der Waals surface area contributed by atoms with Crippen LogP contribution in [0.25, 0.3) is 0 Å². The first-order chi connectivity index (χ1) is 11.5. The Labute approximate surface area is 171 Å². The molecule has 0 spiro atoms. The zero-order chi connectivity index (χ0) is 17.5. The summed E-state index contributed by atoms with van der Waals surface area (Å²) in [7, 11) is 1.76. The van der Waals surface area contributed by atoms with E-state index in [9.17, 15) is 4.79 Å². The molecule has 26 heavy (non-hydrogen) atoms. The Morgan fingerprint density at radius 1 is 1.31 bits per heavy atom. The number of nitrogens with two attached hydrogens (primary N) is 1. The number of halogens is 2. The number of thiazole rings is 1. The Morgan fingerprint density at radius 3 is 2.58 bits per heavy atom. The van der Waals surface area contributed by atoms with Crippen LogP contribution in [0.5, 0.6) is 0 Å². The Bertz CT molecular complexity index is 655. The number of carbonyl (C=O) groups is 1. The maximum absolute atomic E-state index is 12.4. The highest BCUT2D eigenvalue weighted by Crippen LogP contribution is 2.21. The van der Waals surface area contributed by atoms with Crippen molar-refractivity contribution in [3.63, 3.8) is 0 Å².